The molecule has 2 fully saturated rings. The molecule has 4 nitrogen and oxygen atoms in total. The zero-order valence-corrected chi connectivity index (χ0v) is 30.7. The van der Waals surface area contributed by atoms with Gasteiger partial charge in [0.05, 0.1) is 5.41 Å². The van der Waals surface area contributed by atoms with Crippen LogP contribution >= 0.6 is 63.7 Å². The largest absolute Gasteiger partial charge is 0.312 e. The van der Waals surface area contributed by atoms with Gasteiger partial charge in [0.25, 0.3) is 0 Å². The van der Waals surface area contributed by atoms with Crippen molar-refractivity contribution < 1.29 is 9.59 Å². The SMILES string of the molecule is BrCc1ccccc1CBr.O=C1CCCN1c1ccc(Br)cc1.O=C1N(c2ccc(Br)cc2)CCC12Cc1ccccc1C2. The normalized spacial score (nSPS) is 16.4. The highest BCUT2D eigenvalue weighted by molar-refractivity contribution is 9.10. The number of amides is 2. The van der Waals surface area contributed by atoms with E-state index in [2.05, 4.69) is 112 Å². The molecule has 8 heteroatoms. The van der Waals surface area contributed by atoms with Crippen LogP contribution in [-0.4, -0.2) is 24.9 Å². The van der Waals surface area contributed by atoms with Crippen molar-refractivity contribution in [1.29, 1.82) is 0 Å². The summed E-state index contributed by atoms with van der Waals surface area (Å²) in [6.07, 6.45) is 4.42. The molecule has 44 heavy (non-hydrogen) atoms. The van der Waals surface area contributed by atoms with Crippen molar-refractivity contribution in [2.45, 2.75) is 42.8 Å². The Bertz CT molecular complexity index is 1540. The van der Waals surface area contributed by atoms with Crippen LogP contribution in [0, 0.1) is 5.41 Å². The molecule has 2 amide bonds. The zero-order valence-electron chi connectivity index (χ0n) is 24.3. The summed E-state index contributed by atoms with van der Waals surface area (Å²) in [7, 11) is 0. The third-order valence-electron chi connectivity index (χ3n) is 8.45. The number of hydrogen-bond donors (Lipinski definition) is 0. The minimum absolute atomic E-state index is 0.198. The van der Waals surface area contributed by atoms with Crippen molar-refractivity contribution in [3.8, 4) is 0 Å². The van der Waals surface area contributed by atoms with E-state index in [4.69, 9.17) is 0 Å². The average Bonchev–Trinajstić information content (AvgIpc) is 3.75. The Morgan fingerprint density at radius 2 is 1.09 bits per heavy atom. The fourth-order valence-corrected chi connectivity index (χ4v) is 7.69. The fraction of sp³-hybridized carbons (Fsp3) is 0.278. The van der Waals surface area contributed by atoms with Crippen LogP contribution in [0.4, 0.5) is 11.4 Å². The van der Waals surface area contributed by atoms with E-state index in [1.807, 2.05) is 58.3 Å². The Labute approximate surface area is 293 Å². The summed E-state index contributed by atoms with van der Waals surface area (Å²) in [6.45, 7) is 1.69. The summed E-state index contributed by atoms with van der Waals surface area (Å²) in [5.74, 6) is 0.531. The lowest BCUT2D eigenvalue weighted by atomic mass is 9.83. The van der Waals surface area contributed by atoms with Crippen LogP contribution in [0.5, 0.6) is 0 Å². The highest BCUT2D eigenvalue weighted by atomic mass is 79.9. The number of nitrogens with zero attached hydrogens (tertiary/aromatic N) is 2. The Balaban J connectivity index is 0.000000143. The topological polar surface area (TPSA) is 40.6 Å². The Morgan fingerprint density at radius 1 is 0.614 bits per heavy atom. The maximum Gasteiger partial charge on any atom is 0.233 e. The van der Waals surface area contributed by atoms with Gasteiger partial charge < -0.3 is 9.80 Å². The molecule has 1 spiro atoms. The fourth-order valence-electron chi connectivity index (χ4n) is 6.07. The van der Waals surface area contributed by atoms with Crippen LogP contribution < -0.4 is 9.80 Å². The van der Waals surface area contributed by atoms with Gasteiger partial charge in [0.15, 0.2) is 0 Å². The average molecular weight is 846 g/mol. The van der Waals surface area contributed by atoms with Crippen molar-refractivity contribution in [3.63, 3.8) is 0 Å². The van der Waals surface area contributed by atoms with E-state index in [9.17, 15) is 9.59 Å². The lowest BCUT2D eigenvalue weighted by Gasteiger charge is -2.22. The number of fused-ring (bicyclic) bond motifs is 1. The Hall–Kier alpha value is -2.26. The van der Waals surface area contributed by atoms with E-state index >= 15 is 0 Å². The number of carbonyl (C=O) groups excluding carboxylic acids is 2. The van der Waals surface area contributed by atoms with Crippen LogP contribution in [-0.2, 0) is 33.1 Å². The third-order valence-corrected chi connectivity index (χ3v) is 10.7. The predicted molar refractivity (Wildman–Crippen MR) is 195 cm³/mol. The first-order chi connectivity index (χ1) is 21.3. The van der Waals surface area contributed by atoms with Crippen molar-refractivity contribution in [1.82, 2.24) is 0 Å². The Morgan fingerprint density at radius 3 is 1.55 bits per heavy atom. The maximum absolute atomic E-state index is 13.0. The summed E-state index contributed by atoms with van der Waals surface area (Å²) in [4.78, 5) is 28.2. The zero-order chi connectivity index (χ0) is 31.1. The molecule has 3 aliphatic rings. The minimum Gasteiger partial charge on any atom is -0.312 e. The molecule has 0 radical (unpaired) electrons. The van der Waals surface area contributed by atoms with E-state index in [1.54, 1.807) is 0 Å². The second-order valence-corrected chi connectivity index (χ2v) is 14.2. The molecule has 1 aliphatic carbocycles. The van der Waals surface area contributed by atoms with E-state index in [0.29, 0.717) is 12.3 Å². The van der Waals surface area contributed by atoms with E-state index < -0.39 is 0 Å². The first kappa shape index (κ1) is 33.1. The second kappa shape index (κ2) is 15.4. The highest BCUT2D eigenvalue weighted by Crippen LogP contribution is 2.45. The van der Waals surface area contributed by atoms with Gasteiger partial charge in [0, 0.05) is 50.5 Å². The van der Waals surface area contributed by atoms with Gasteiger partial charge in [-0.1, -0.05) is 112 Å². The van der Waals surface area contributed by atoms with E-state index in [0.717, 1.165) is 69.8 Å². The number of alkyl halides is 2. The number of carbonyl (C=O) groups is 2. The van der Waals surface area contributed by atoms with Crippen LogP contribution in [0.2, 0.25) is 0 Å². The predicted octanol–water partition coefficient (Wildman–Crippen LogP) is 10.0. The number of halogens is 4. The molecule has 0 unspecified atom stereocenters. The summed E-state index contributed by atoms with van der Waals surface area (Å²) < 4.78 is 2.09. The van der Waals surface area contributed by atoms with E-state index in [-0.39, 0.29) is 11.3 Å². The molecule has 7 rings (SSSR count). The number of anilines is 2. The van der Waals surface area contributed by atoms with Crippen molar-refractivity contribution in [3.05, 3.63) is 128 Å². The second-order valence-electron chi connectivity index (χ2n) is 11.2. The molecule has 4 aromatic rings. The first-order valence-electron chi connectivity index (χ1n) is 14.7. The molecule has 4 aromatic carbocycles. The summed E-state index contributed by atoms with van der Waals surface area (Å²) in [5, 5.41) is 1.88. The summed E-state index contributed by atoms with van der Waals surface area (Å²) in [6, 6.07) is 32.7. The number of hydrogen-bond acceptors (Lipinski definition) is 2. The van der Waals surface area contributed by atoms with Gasteiger partial charge in [-0.15, -0.1) is 0 Å². The first-order valence-corrected chi connectivity index (χ1v) is 18.6. The van der Waals surface area contributed by atoms with Crippen molar-refractivity contribution in [2.24, 2.45) is 5.41 Å². The molecular formula is C36H34Br4N2O2. The lowest BCUT2D eigenvalue weighted by Crippen LogP contribution is -2.35. The lowest BCUT2D eigenvalue weighted by molar-refractivity contribution is -0.125. The number of benzene rings is 4. The van der Waals surface area contributed by atoms with Gasteiger partial charge >= 0.3 is 0 Å². The molecular weight excluding hydrogens is 812 g/mol. The van der Waals surface area contributed by atoms with Gasteiger partial charge in [0.2, 0.25) is 11.8 Å². The number of rotatable bonds is 4. The molecule has 2 aliphatic heterocycles. The standard InChI is InChI=1S/C18H16BrNO.C10H10BrNO.C8H8Br2/c19-15-5-7-16(8-6-15)20-10-9-18(17(20)21)11-13-3-1-2-4-14(13)12-18;11-8-3-5-9(6-4-8)12-7-1-2-10(12)13;9-5-7-3-1-2-4-8(7)6-10/h1-8H,9-12H2;3-6H,1-2,7H2;1-4H,5-6H2. The molecule has 2 heterocycles. The minimum atomic E-state index is -0.198. The van der Waals surface area contributed by atoms with Gasteiger partial charge in [-0.2, -0.15) is 0 Å². The van der Waals surface area contributed by atoms with Gasteiger partial charge in [-0.05, 0) is 96.5 Å². The molecule has 0 N–H and O–H groups in total. The van der Waals surface area contributed by atoms with Crippen molar-refractivity contribution in [2.75, 3.05) is 22.9 Å². The smallest absolute Gasteiger partial charge is 0.233 e. The molecule has 0 bridgehead atoms. The quantitative estimate of drug-likeness (QED) is 0.192. The molecule has 2 saturated heterocycles. The van der Waals surface area contributed by atoms with Crippen LogP contribution in [0.15, 0.2) is 106 Å². The molecule has 0 saturated carbocycles. The van der Waals surface area contributed by atoms with Crippen LogP contribution in [0.25, 0.3) is 0 Å². The summed E-state index contributed by atoms with van der Waals surface area (Å²) in [5.41, 5.74) is 7.24. The Kier molecular flexibility index (Phi) is 11.6. The van der Waals surface area contributed by atoms with Gasteiger partial charge in [-0.25, -0.2) is 0 Å². The van der Waals surface area contributed by atoms with Crippen LogP contribution in [0.3, 0.4) is 0 Å². The molecule has 228 valence electrons. The van der Waals surface area contributed by atoms with E-state index in [1.165, 1.54) is 22.3 Å². The maximum atomic E-state index is 13.0. The third kappa shape index (κ3) is 7.75. The highest BCUT2D eigenvalue weighted by Gasteiger charge is 2.50. The summed E-state index contributed by atoms with van der Waals surface area (Å²) >= 11 is 13.7. The van der Waals surface area contributed by atoms with Gasteiger partial charge in [0.1, 0.15) is 0 Å². The molecule has 0 atom stereocenters. The van der Waals surface area contributed by atoms with Gasteiger partial charge in [-0.3, -0.25) is 9.59 Å². The van der Waals surface area contributed by atoms with Crippen molar-refractivity contribution >= 4 is 86.9 Å². The monoisotopic (exact) mass is 842 g/mol. The van der Waals surface area contributed by atoms with Crippen LogP contribution in [0.1, 0.15) is 41.5 Å². The molecule has 0 aromatic heterocycles.